The summed E-state index contributed by atoms with van der Waals surface area (Å²) in [5.74, 6) is -0.128. The normalized spacial score (nSPS) is 13.7. The molecule has 0 unspecified atom stereocenters. The van der Waals surface area contributed by atoms with Crippen molar-refractivity contribution < 1.29 is 17.2 Å². The summed E-state index contributed by atoms with van der Waals surface area (Å²) in [6.45, 7) is 1.82. The van der Waals surface area contributed by atoms with Crippen LogP contribution in [0.25, 0.3) is 0 Å². The van der Waals surface area contributed by atoms with Crippen LogP contribution in [0, 0.1) is 0 Å². The number of hydrogen-bond acceptors (Lipinski definition) is 3. The van der Waals surface area contributed by atoms with Gasteiger partial charge in [-0.3, -0.25) is 0 Å². The van der Waals surface area contributed by atoms with E-state index in [1.807, 2.05) is 6.92 Å². The van der Waals surface area contributed by atoms with Crippen LogP contribution in [0.15, 0.2) is 11.1 Å². The maximum atomic E-state index is 11.8. The second kappa shape index (κ2) is 5.16. The molecule has 0 aliphatic rings. The molecule has 0 atom stereocenters. The van der Waals surface area contributed by atoms with Crippen molar-refractivity contribution in [1.82, 2.24) is 0 Å². The summed E-state index contributed by atoms with van der Waals surface area (Å²) in [6, 6.07) is 0. The minimum Gasteiger partial charge on any atom is -0.397 e. The van der Waals surface area contributed by atoms with E-state index in [0.717, 1.165) is 0 Å². The topological polar surface area (TPSA) is 60.2 Å². The number of unbranched alkanes of at least 4 members (excludes halogenated alkanes) is 1. The average Bonchev–Trinajstić information content (AvgIpc) is 2.00. The van der Waals surface area contributed by atoms with Crippen molar-refractivity contribution in [2.45, 2.75) is 26.2 Å². The van der Waals surface area contributed by atoms with Gasteiger partial charge < -0.3 is 5.73 Å². The SMILES string of the molecule is CCCCS(=O)(=O)C=C(N)C(F)F. The molecule has 0 saturated heterocycles. The van der Waals surface area contributed by atoms with Crippen molar-refractivity contribution in [2.75, 3.05) is 5.75 Å². The van der Waals surface area contributed by atoms with Gasteiger partial charge in [0.15, 0.2) is 9.84 Å². The van der Waals surface area contributed by atoms with Crippen LogP contribution in [0.2, 0.25) is 0 Å². The van der Waals surface area contributed by atoms with Crippen LogP contribution in [0.4, 0.5) is 8.78 Å². The van der Waals surface area contributed by atoms with Gasteiger partial charge in [0.2, 0.25) is 0 Å². The Balaban J connectivity index is 4.40. The molecule has 6 heteroatoms. The molecule has 2 N–H and O–H groups in total. The fraction of sp³-hybridized carbons (Fsp3) is 0.714. The first-order chi connectivity index (χ1) is 5.89. The van der Waals surface area contributed by atoms with E-state index in [9.17, 15) is 17.2 Å². The third-order valence-electron chi connectivity index (χ3n) is 1.35. The summed E-state index contributed by atoms with van der Waals surface area (Å²) in [7, 11) is -3.56. The number of allylic oxidation sites excluding steroid dienone is 1. The van der Waals surface area contributed by atoms with E-state index in [-0.39, 0.29) is 5.75 Å². The fourth-order valence-corrected chi connectivity index (χ4v) is 1.99. The highest BCUT2D eigenvalue weighted by atomic mass is 32.2. The molecule has 0 bridgehead atoms. The van der Waals surface area contributed by atoms with Crippen LogP contribution in [-0.4, -0.2) is 20.6 Å². The zero-order chi connectivity index (χ0) is 10.5. The van der Waals surface area contributed by atoms with Gasteiger partial charge in [-0.25, -0.2) is 17.2 Å². The molecule has 0 rings (SSSR count). The first-order valence-corrected chi connectivity index (χ1v) is 5.58. The maximum Gasteiger partial charge on any atom is 0.278 e. The zero-order valence-corrected chi connectivity index (χ0v) is 8.15. The van der Waals surface area contributed by atoms with Crippen LogP contribution in [0.1, 0.15) is 19.8 Å². The number of alkyl halides is 2. The first kappa shape index (κ1) is 12.3. The predicted octanol–water partition coefficient (Wildman–Crippen LogP) is 1.27. The lowest BCUT2D eigenvalue weighted by molar-refractivity contribution is 0.188. The quantitative estimate of drug-likeness (QED) is 0.748. The molecule has 78 valence electrons. The molecular weight excluding hydrogens is 200 g/mol. The van der Waals surface area contributed by atoms with E-state index in [1.54, 1.807) is 0 Å². The van der Waals surface area contributed by atoms with Crippen LogP contribution < -0.4 is 5.73 Å². The van der Waals surface area contributed by atoms with Gasteiger partial charge in [-0.1, -0.05) is 13.3 Å². The second-order valence-corrected chi connectivity index (χ2v) is 4.61. The van der Waals surface area contributed by atoms with Crippen LogP contribution >= 0.6 is 0 Å². The lowest BCUT2D eigenvalue weighted by Gasteiger charge is -2.00. The van der Waals surface area contributed by atoms with Gasteiger partial charge in [0.25, 0.3) is 6.43 Å². The molecule has 0 aromatic carbocycles. The molecule has 0 spiro atoms. The molecular formula is C7H13F2NO2S. The summed E-state index contributed by atoms with van der Waals surface area (Å²) in [6.07, 6.45) is -1.76. The molecule has 0 aromatic heterocycles. The molecule has 0 heterocycles. The van der Waals surface area contributed by atoms with Crippen molar-refractivity contribution >= 4 is 9.84 Å². The highest BCUT2D eigenvalue weighted by molar-refractivity contribution is 7.94. The Morgan fingerprint density at radius 1 is 1.54 bits per heavy atom. The number of rotatable bonds is 5. The number of nitrogens with two attached hydrogens (primary N) is 1. The molecule has 13 heavy (non-hydrogen) atoms. The lowest BCUT2D eigenvalue weighted by atomic mass is 10.4. The van der Waals surface area contributed by atoms with Crippen molar-refractivity contribution in [3.05, 3.63) is 11.1 Å². The minimum absolute atomic E-state index is 0.128. The highest BCUT2D eigenvalue weighted by Crippen LogP contribution is 2.06. The van der Waals surface area contributed by atoms with Crippen LogP contribution in [0.5, 0.6) is 0 Å². The van der Waals surface area contributed by atoms with Crippen LogP contribution in [0.3, 0.4) is 0 Å². The first-order valence-electron chi connectivity index (χ1n) is 3.87. The maximum absolute atomic E-state index is 11.8. The monoisotopic (exact) mass is 213 g/mol. The largest absolute Gasteiger partial charge is 0.397 e. The van der Waals surface area contributed by atoms with Gasteiger partial charge in [-0.15, -0.1) is 0 Å². The van der Waals surface area contributed by atoms with Gasteiger partial charge in [0.05, 0.1) is 16.9 Å². The van der Waals surface area contributed by atoms with Crippen LogP contribution in [-0.2, 0) is 9.84 Å². The molecule has 0 aliphatic heterocycles. The standard InChI is InChI=1S/C7H13F2NO2S/c1-2-3-4-13(11,12)5-6(10)7(8)9/h5,7H,2-4,10H2,1H3. The Bertz CT molecular complexity index is 272. The number of sulfone groups is 1. The number of hydrogen-bond donors (Lipinski definition) is 1. The molecule has 0 amide bonds. The van der Waals surface area contributed by atoms with E-state index in [0.29, 0.717) is 18.2 Å². The summed E-state index contributed by atoms with van der Waals surface area (Å²) in [5.41, 5.74) is 3.91. The lowest BCUT2D eigenvalue weighted by Crippen LogP contribution is -2.12. The van der Waals surface area contributed by atoms with Crippen molar-refractivity contribution in [1.29, 1.82) is 0 Å². The van der Waals surface area contributed by atoms with Crippen molar-refractivity contribution in [3.8, 4) is 0 Å². The summed E-state index contributed by atoms with van der Waals surface area (Å²) in [4.78, 5) is 0. The van der Waals surface area contributed by atoms with Gasteiger partial charge in [0.1, 0.15) is 0 Å². The van der Waals surface area contributed by atoms with E-state index < -0.39 is 22.0 Å². The van der Waals surface area contributed by atoms with E-state index in [1.165, 1.54) is 0 Å². The summed E-state index contributed by atoms with van der Waals surface area (Å²) >= 11 is 0. The van der Waals surface area contributed by atoms with Gasteiger partial charge in [-0.05, 0) is 6.42 Å². The Morgan fingerprint density at radius 2 is 2.08 bits per heavy atom. The summed E-state index contributed by atoms with van der Waals surface area (Å²) in [5, 5.41) is 0.452. The molecule has 0 aliphatic carbocycles. The highest BCUT2D eigenvalue weighted by Gasteiger charge is 2.12. The van der Waals surface area contributed by atoms with Gasteiger partial charge >= 0.3 is 0 Å². The van der Waals surface area contributed by atoms with Crippen molar-refractivity contribution in [3.63, 3.8) is 0 Å². The Kier molecular flexibility index (Phi) is 4.90. The molecule has 0 fully saturated rings. The Labute approximate surface area is 76.5 Å². The molecule has 0 radical (unpaired) electrons. The second-order valence-electron chi connectivity index (χ2n) is 2.64. The smallest absolute Gasteiger partial charge is 0.278 e. The molecule has 0 saturated carbocycles. The average molecular weight is 213 g/mol. The predicted molar refractivity (Wildman–Crippen MR) is 47.0 cm³/mol. The third kappa shape index (κ3) is 5.57. The van der Waals surface area contributed by atoms with E-state index >= 15 is 0 Å². The fourth-order valence-electron chi connectivity index (χ4n) is 0.663. The Morgan fingerprint density at radius 3 is 2.46 bits per heavy atom. The van der Waals surface area contributed by atoms with Gasteiger partial charge in [0, 0.05) is 0 Å². The van der Waals surface area contributed by atoms with E-state index in [4.69, 9.17) is 5.73 Å². The zero-order valence-electron chi connectivity index (χ0n) is 7.33. The van der Waals surface area contributed by atoms with Crippen molar-refractivity contribution in [2.24, 2.45) is 5.73 Å². The molecule has 3 nitrogen and oxygen atoms in total. The Hall–Kier alpha value is -0.650. The minimum atomic E-state index is -3.56. The van der Waals surface area contributed by atoms with Gasteiger partial charge in [-0.2, -0.15) is 0 Å². The molecule has 0 aromatic rings. The third-order valence-corrected chi connectivity index (χ3v) is 2.84. The summed E-state index contributed by atoms with van der Waals surface area (Å²) < 4.78 is 45.7. The van der Waals surface area contributed by atoms with E-state index in [2.05, 4.69) is 0 Å². The number of halogens is 2.